The van der Waals surface area contributed by atoms with Crippen LogP contribution in [0.2, 0.25) is 0 Å². The van der Waals surface area contributed by atoms with E-state index in [1.807, 2.05) is 16.8 Å². The van der Waals surface area contributed by atoms with Gasteiger partial charge in [0, 0.05) is 6.54 Å². The lowest BCUT2D eigenvalue weighted by Gasteiger charge is -2.04. The SMILES string of the molecule is CCCCCCCn1nnc(CO)c1/C=C/c1ccc(C)cc1. The van der Waals surface area contributed by atoms with Crippen molar-refractivity contribution < 1.29 is 5.11 Å². The molecule has 1 heterocycles. The van der Waals surface area contributed by atoms with Gasteiger partial charge in [0.05, 0.1) is 12.3 Å². The second-order valence-electron chi connectivity index (χ2n) is 5.96. The highest BCUT2D eigenvalue weighted by Crippen LogP contribution is 2.14. The van der Waals surface area contributed by atoms with E-state index in [1.54, 1.807) is 0 Å². The Morgan fingerprint density at radius 1 is 1.04 bits per heavy atom. The number of rotatable bonds is 9. The van der Waals surface area contributed by atoms with Gasteiger partial charge in [-0.15, -0.1) is 5.10 Å². The number of hydrogen-bond acceptors (Lipinski definition) is 3. The van der Waals surface area contributed by atoms with E-state index in [4.69, 9.17) is 0 Å². The first-order chi connectivity index (χ1) is 11.2. The summed E-state index contributed by atoms with van der Waals surface area (Å²) < 4.78 is 1.90. The molecule has 1 N–H and O–H groups in total. The number of aryl methyl sites for hydroxylation is 2. The van der Waals surface area contributed by atoms with Crippen LogP contribution in [0.1, 0.15) is 61.5 Å². The average Bonchev–Trinajstić information content (AvgIpc) is 2.96. The molecule has 0 bridgehead atoms. The van der Waals surface area contributed by atoms with Crippen LogP contribution in [0.3, 0.4) is 0 Å². The summed E-state index contributed by atoms with van der Waals surface area (Å²) in [5.74, 6) is 0. The normalized spacial score (nSPS) is 11.4. The molecule has 0 aliphatic rings. The molecule has 0 atom stereocenters. The fourth-order valence-electron chi connectivity index (χ4n) is 2.53. The zero-order chi connectivity index (χ0) is 16.5. The molecular formula is C19H27N3O. The van der Waals surface area contributed by atoms with Gasteiger partial charge in [-0.1, -0.05) is 73.7 Å². The Morgan fingerprint density at radius 2 is 1.78 bits per heavy atom. The minimum absolute atomic E-state index is 0.0800. The van der Waals surface area contributed by atoms with Crippen molar-refractivity contribution >= 4 is 12.2 Å². The molecule has 0 aliphatic heterocycles. The van der Waals surface area contributed by atoms with Crippen LogP contribution in [0.4, 0.5) is 0 Å². The summed E-state index contributed by atoms with van der Waals surface area (Å²) in [5, 5.41) is 17.7. The standard InChI is InChI=1S/C19H27N3O/c1-3-4-5-6-7-14-22-19(18(15-23)20-21-22)13-12-17-10-8-16(2)9-11-17/h8-13,23H,3-7,14-15H2,1-2H3/b13-12+. The van der Waals surface area contributed by atoms with Crippen LogP contribution >= 0.6 is 0 Å². The molecule has 1 aromatic carbocycles. The van der Waals surface area contributed by atoms with Crippen LogP contribution in [-0.2, 0) is 13.2 Å². The number of aliphatic hydroxyl groups excluding tert-OH is 1. The van der Waals surface area contributed by atoms with E-state index >= 15 is 0 Å². The van der Waals surface area contributed by atoms with Gasteiger partial charge in [0.1, 0.15) is 5.69 Å². The zero-order valence-corrected chi connectivity index (χ0v) is 14.2. The molecule has 124 valence electrons. The largest absolute Gasteiger partial charge is 0.390 e. The first kappa shape index (κ1) is 17.4. The Hall–Kier alpha value is -1.94. The third kappa shape index (κ3) is 5.32. The summed E-state index contributed by atoms with van der Waals surface area (Å²) in [6.07, 6.45) is 10.2. The molecule has 4 heteroatoms. The molecule has 2 rings (SSSR count). The Labute approximate surface area is 138 Å². The molecule has 0 spiro atoms. The van der Waals surface area contributed by atoms with Crippen molar-refractivity contribution in [2.45, 2.75) is 59.1 Å². The fourth-order valence-corrected chi connectivity index (χ4v) is 2.53. The maximum Gasteiger partial charge on any atom is 0.115 e. The van der Waals surface area contributed by atoms with Crippen LogP contribution in [0.25, 0.3) is 12.2 Å². The Morgan fingerprint density at radius 3 is 2.48 bits per heavy atom. The number of unbranched alkanes of at least 4 members (excludes halogenated alkanes) is 4. The van der Waals surface area contributed by atoms with Gasteiger partial charge in [-0.25, -0.2) is 4.68 Å². The van der Waals surface area contributed by atoms with Gasteiger partial charge in [0.25, 0.3) is 0 Å². The molecule has 0 saturated carbocycles. The van der Waals surface area contributed by atoms with Crippen LogP contribution in [-0.4, -0.2) is 20.1 Å². The number of benzene rings is 1. The highest BCUT2D eigenvalue weighted by Gasteiger charge is 2.09. The first-order valence-electron chi connectivity index (χ1n) is 8.52. The van der Waals surface area contributed by atoms with Gasteiger partial charge in [-0.05, 0) is 25.0 Å². The van der Waals surface area contributed by atoms with Crippen molar-refractivity contribution in [1.29, 1.82) is 0 Å². The van der Waals surface area contributed by atoms with Crippen LogP contribution in [0.15, 0.2) is 24.3 Å². The molecule has 0 fully saturated rings. The summed E-state index contributed by atoms with van der Waals surface area (Å²) in [6.45, 7) is 5.07. The summed E-state index contributed by atoms with van der Waals surface area (Å²) in [7, 11) is 0. The number of hydrogen-bond donors (Lipinski definition) is 1. The number of nitrogens with zero attached hydrogens (tertiary/aromatic N) is 3. The molecule has 0 saturated heterocycles. The van der Waals surface area contributed by atoms with E-state index in [2.05, 4.69) is 48.4 Å². The second kappa shape index (κ2) is 9.26. The van der Waals surface area contributed by atoms with Crippen LogP contribution in [0.5, 0.6) is 0 Å². The fraction of sp³-hybridized carbons (Fsp3) is 0.474. The van der Waals surface area contributed by atoms with Crippen molar-refractivity contribution in [3.8, 4) is 0 Å². The average molecular weight is 313 g/mol. The van der Waals surface area contributed by atoms with Gasteiger partial charge in [-0.3, -0.25) is 0 Å². The van der Waals surface area contributed by atoms with E-state index in [9.17, 15) is 5.11 Å². The molecule has 0 amide bonds. The third-order valence-electron chi connectivity index (χ3n) is 3.98. The summed E-state index contributed by atoms with van der Waals surface area (Å²) >= 11 is 0. The maximum absolute atomic E-state index is 9.46. The quantitative estimate of drug-likeness (QED) is 0.705. The molecular weight excluding hydrogens is 286 g/mol. The lowest BCUT2D eigenvalue weighted by molar-refractivity contribution is 0.276. The summed E-state index contributed by atoms with van der Waals surface area (Å²) in [5.41, 5.74) is 3.93. The minimum Gasteiger partial charge on any atom is -0.390 e. The van der Waals surface area contributed by atoms with E-state index < -0.39 is 0 Å². The molecule has 1 aromatic heterocycles. The van der Waals surface area contributed by atoms with Crippen LogP contribution in [0, 0.1) is 6.92 Å². The van der Waals surface area contributed by atoms with Gasteiger partial charge in [0.15, 0.2) is 0 Å². The molecule has 4 nitrogen and oxygen atoms in total. The highest BCUT2D eigenvalue weighted by molar-refractivity contribution is 5.69. The minimum atomic E-state index is -0.0800. The summed E-state index contributed by atoms with van der Waals surface area (Å²) in [4.78, 5) is 0. The smallest absolute Gasteiger partial charge is 0.115 e. The molecule has 23 heavy (non-hydrogen) atoms. The Kier molecular flexibility index (Phi) is 7.01. The summed E-state index contributed by atoms with van der Waals surface area (Å²) in [6, 6.07) is 8.36. The Balaban J connectivity index is 2.04. The van der Waals surface area contributed by atoms with E-state index in [1.165, 1.54) is 31.2 Å². The van der Waals surface area contributed by atoms with Crippen LogP contribution < -0.4 is 0 Å². The van der Waals surface area contributed by atoms with E-state index in [-0.39, 0.29) is 6.61 Å². The van der Waals surface area contributed by atoms with Crippen molar-refractivity contribution in [2.75, 3.05) is 0 Å². The third-order valence-corrected chi connectivity index (χ3v) is 3.98. The Bertz CT molecular complexity index is 614. The second-order valence-corrected chi connectivity index (χ2v) is 5.96. The number of aliphatic hydroxyl groups is 1. The first-order valence-corrected chi connectivity index (χ1v) is 8.52. The van der Waals surface area contributed by atoms with Gasteiger partial charge in [-0.2, -0.15) is 0 Å². The van der Waals surface area contributed by atoms with Gasteiger partial charge < -0.3 is 5.11 Å². The van der Waals surface area contributed by atoms with E-state index in [0.717, 1.165) is 24.2 Å². The maximum atomic E-state index is 9.46. The van der Waals surface area contributed by atoms with Crippen molar-refractivity contribution in [3.63, 3.8) is 0 Å². The predicted octanol–water partition coefficient (Wildman–Crippen LogP) is 4.22. The van der Waals surface area contributed by atoms with Gasteiger partial charge in [0.2, 0.25) is 0 Å². The van der Waals surface area contributed by atoms with Crippen molar-refractivity contribution in [3.05, 3.63) is 46.8 Å². The number of aromatic nitrogens is 3. The van der Waals surface area contributed by atoms with Crippen molar-refractivity contribution in [1.82, 2.24) is 15.0 Å². The van der Waals surface area contributed by atoms with E-state index in [0.29, 0.717) is 5.69 Å². The molecule has 0 radical (unpaired) electrons. The van der Waals surface area contributed by atoms with Gasteiger partial charge >= 0.3 is 0 Å². The monoisotopic (exact) mass is 313 g/mol. The topological polar surface area (TPSA) is 50.9 Å². The lowest BCUT2D eigenvalue weighted by Crippen LogP contribution is -2.03. The predicted molar refractivity (Wildman–Crippen MR) is 94.8 cm³/mol. The highest BCUT2D eigenvalue weighted by atomic mass is 16.3. The van der Waals surface area contributed by atoms with Crippen molar-refractivity contribution in [2.24, 2.45) is 0 Å². The molecule has 0 aliphatic carbocycles. The zero-order valence-electron chi connectivity index (χ0n) is 14.2. The lowest BCUT2D eigenvalue weighted by atomic mass is 10.1. The molecule has 2 aromatic rings. The molecule has 0 unspecified atom stereocenters.